The molecule has 5 nitrogen and oxygen atoms in total. The zero-order valence-electron chi connectivity index (χ0n) is 10.5. The van der Waals surface area contributed by atoms with E-state index in [9.17, 15) is 13.2 Å². The first-order chi connectivity index (χ1) is 9.53. The lowest BCUT2D eigenvalue weighted by molar-refractivity contribution is -0.274. The van der Waals surface area contributed by atoms with Gasteiger partial charge in [0.05, 0.1) is 6.20 Å². The largest absolute Gasteiger partial charge is 0.573 e. The minimum atomic E-state index is -4.69. The SMILES string of the molecule is FC(F)(F)Oc1ccc(NCCCn2cccn2)nc1. The number of hydrogen-bond acceptors (Lipinski definition) is 4. The highest BCUT2D eigenvalue weighted by Gasteiger charge is 2.31. The van der Waals surface area contributed by atoms with E-state index in [0.29, 0.717) is 12.4 Å². The van der Waals surface area contributed by atoms with Crippen LogP contribution >= 0.6 is 0 Å². The second kappa shape index (κ2) is 6.27. The van der Waals surface area contributed by atoms with Gasteiger partial charge >= 0.3 is 6.36 Å². The fraction of sp³-hybridized carbons (Fsp3) is 0.333. The van der Waals surface area contributed by atoms with Gasteiger partial charge in [0.2, 0.25) is 0 Å². The molecule has 20 heavy (non-hydrogen) atoms. The quantitative estimate of drug-likeness (QED) is 0.829. The van der Waals surface area contributed by atoms with Crippen LogP contribution in [0.25, 0.3) is 0 Å². The number of aryl methyl sites for hydroxylation is 1. The summed E-state index contributed by atoms with van der Waals surface area (Å²) >= 11 is 0. The van der Waals surface area contributed by atoms with Crippen molar-refractivity contribution < 1.29 is 17.9 Å². The molecule has 0 atom stereocenters. The number of hydrogen-bond donors (Lipinski definition) is 1. The smallest absolute Gasteiger partial charge is 0.404 e. The summed E-state index contributed by atoms with van der Waals surface area (Å²) in [7, 11) is 0. The van der Waals surface area contributed by atoms with Crippen molar-refractivity contribution in [3.8, 4) is 5.75 Å². The predicted molar refractivity (Wildman–Crippen MR) is 66.3 cm³/mol. The Balaban J connectivity index is 1.73. The minimum Gasteiger partial charge on any atom is -0.404 e. The van der Waals surface area contributed by atoms with Gasteiger partial charge in [-0.25, -0.2) is 4.98 Å². The molecule has 0 unspecified atom stereocenters. The standard InChI is InChI=1S/C12H13F3N4O/c13-12(14,15)20-10-3-4-11(17-9-10)16-5-1-7-19-8-2-6-18-19/h2-4,6,8-9H,1,5,7H2,(H,16,17). The van der Waals surface area contributed by atoms with Crippen LogP contribution in [0, 0.1) is 0 Å². The average molecular weight is 286 g/mol. The van der Waals surface area contributed by atoms with Crippen molar-refractivity contribution in [3.63, 3.8) is 0 Å². The van der Waals surface area contributed by atoms with Crippen LogP contribution in [0.4, 0.5) is 19.0 Å². The molecule has 0 bridgehead atoms. The van der Waals surface area contributed by atoms with E-state index in [-0.39, 0.29) is 5.75 Å². The van der Waals surface area contributed by atoms with E-state index >= 15 is 0 Å². The van der Waals surface area contributed by atoms with Crippen LogP contribution in [0.5, 0.6) is 5.75 Å². The summed E-state index contributed by atoms with van der Waals surface area (Å²) in [5, 5.41) is 7.06. The molecule has 0 saturated heterocycles. The van der Waals surface area contributed by atoms with Crippen LogP contribution in [-0.4, -0.2) is 27.7 Å². The van der Waals surface area contributed by atoms with Gasteiger partial charge in [-0.15, -0.1) is 13.2 Å². The molecule has 2 rings (SSSR count). The van der Waals surface area contributed by atoms with Crippen molar-refractivity contribution in [3.05, 3.63) is 36.8 Å². The van der Waals surface area contributed by atoms with Gasteiger partial charge in [-0.1, -0.05) is 0 Å². The van der Waals surface area contributed by atoms with Gasteiger partial charge in [0.1, 0.15) is 11.6 Å². The molecule has 8 heteroatoms. The van der Waals surface area contributed by atoms with E-state index in [1.807, 2.05) is 12.3 Å². The highest BCUT2D eigenvalue weighted by atomic mass is 19.4. The minimum absolute atomic E-state index is 0.334. The van der Waals surface area contributed by atoms with Crippen molar-refractivity contribution in [2.75, 3.05) is 11.9 Å². The summed E-state index contributed by atoms with van der Waals surface area (Å²) in [6.45, 7) is 1.40. The number of aromatic nitrogens is 3. The molecule has 0 aliphatic rings. The number of anilines is 1. The Labute approximate surface area is 113 Å². The molecule has 2 heterocycles. The Hall–Kier alpha value is -2.25. The Morgan fingerprint density at radius 3 is 2.75 bits per heavy atom. The molecule has 0 radical (unpaired) electrons. The second-order valence-electron chi connectivity index (χ2n) is 3.98. The number of halogens is 3. The number of ether oxygens (including phenoxy) is 1. The maximum atomic E-state index is 12.0. The fourth-order valence-corrected chi connectivity index (χ4v) is 1.57. The summed E-state index contributed by atoms with van der Waals surface area (Å²) in [5.41, 5.74) is 0. The molecule has 0 aromatic carbocycles. The summed E-state index contributed by atoms with van der Waals surface area (Å²) in [6.07, 6.45) is 0.726. The lowest BCUT2D eigenvalue weighted by atomic mass is 10.4. The molecule has 108 valence electrons. The van der Waals surface area contributed by atoms with Crippen LogP contribution in [0.3, 0.4) is 0 Å². The fourth-order valence-electron chi connectivity index (χ4n) is 1.57. The molecule has 1 N–H and O–H groups in total. The van der Waals surface area contributed by atoms with E-state index < -0.39 is 6.36 Å². The topological polar surface area (TPSA) is 52.0 Å². The Morgan fingerprint density at radius 1 is 1.30 bits per heavy atom. The van der Waals surface area contributed by atoms with Gasteiger partial charge < -0.3 is 10.1 Å². The van der Waals surface area contributed by atoms with E-state index in [0.717, 1.165) is 19.2 Å². The summed E-state index contributed by atoms with van der Waals surface area (Å²) < 4.78 is 41.4. The number of nitrogens with zero attached hydrogens (tertiary/aromatic N) is 3. The number of pyridine rings is 1. The van der Waals surface area contributed by atoms with Crippen molar-refractivity contribution in [2.45, 2.75) is 19.3 Å². The average Bonchev–Trinajstić information content (AvgIpc) is 2.88. The zero-order chi connectivity index (χ0) is 14.4. The highest BCUT2D eigenvalue weighted by molar-refractivity contribution is 5.37. The lowest BCUT2D eigenvalue weighted by Gasteiger charge is -2.09. The molecule has 2 aromatic rings. The Kier molecular flexibility index (Phi) is 4.44. The maximum Gasteiger partial charge on any atom is 0.573 e. The van der Waals surface area contributed by atoms with Crippen molar-refractivity contribution in [2.24, 2.45) is 0 Å². The third-order valence-corrected chi connectivity index (χ3v) is 2.40. The molecule has 0 amide bonds. The molecular formula is C12H13F3N4O. The van der Waals surface area contributed by atoms with Crippen LogP contribution in [0.2, 0.25) is 0 Å². The van der Waals surface area contributed by atoms with Gasteiger partial charge in [-0.3, -0.25) is 4.68 Å². The van der Waals surface area contributed by atoms with Crippen molar-refractivity contribution in [1.29, 1.82) is 0 Å². The first-order valence-electron chi connectivity index (χ1n) is 5.96. The normalized spacial score (nSPS) is 11.3. The zero-order valence-corrected chi connectivity index (χ0v) is 10.5. The third-order valence-electron chi connectivity index (χ3n) is 2.40. The molecule has 0 aliphatic heterocycles. The summed E-state index contributed by atoms with van der Waals surface area (Å²) in [5.74, 6) is 0.166. The van der Waals surface area contributed by atoms with E-state index in [4.69, 9.17) is 0 Å². The number of nitrogens with one attached hydrogen (secondary N) is 1. The molecule has 2 aromatic heterocycles. The number of rotatable bonds is 6. The third kappa shape index (κ3) is 4.79. The van der Waals surface area contributed by atoms with E-state index in [1.54, 1.807) is 10.9 Å². The monoisotopic (exact) mass is 286 g/mol. The lowest BCUT2D eigenvalue weighted by Crippen LogP contribution is -2.17. The van der Waals surface area contributed by atoms with Crippen LogP contribution in [0.15, 0.2) is 36.8 Å². The van der Waals surface area contributed by atoms with Gasteiger partial charge in [-0.2, -0.15) is 5.10 Å². The van der Waals surface area contributed by atoms with Crippen LogP contribution < -0.4 is 10.1 Å². The first-order valence-corrected chi connectivity index (χ1v) is 5.96. The summed E-state index contributed by atoms with van der Waals surface area (Å²) in [4.78, 5) is 3.84. The maximum absolute atomic E-state index is 12.0. The first kappa shape index (κ1) is 14.2. The molecule has 0 saturated carbocycles. The number of alkyl halides is 3. The summed E-state index contributed by atoms with van der Waals surface area (Å²) in [6, 6.07) is 4.50. The van der Waals surface area contributed by atoms with Gasteiger partial charge in [-0.05, 0) is 24.6 Å². The molecule has 0 aliphatic carbocycles. The van der Waals surface area contributed by atoms with Crippen LogP contribution in [0.1, 0.15) is 6.42 Å². The Morgan fingerprint density at radius 2 is 2.15 bits per heavy atom. The molecule has 0 fully saturated rings. The van der Waals surface area contributed by atoms with Gasteiger partial charge in [0.15, 0.2) is 0 Å². The molecular weight excluding hydrogens is 273 g/mol. The molecule has 0 spiro atoms. The van der Waals surface area contributed by atoms with Crippen molar-refractivity contribution >= 4 is 5.82 Å². The van der Waals surface area contributed by atoms with Crippen molar-refractivity contribution in [1.82, 2.24) is 14.8 Å². The Bertz CT molecular complexity index is 510. The predicted octanol–water partition coefficient (Wildman–Crippen LogP) is 2.68. The van der Waals surface area contributed by atoms with Crippen LogP contribution in [-0.2, 0) is 6.54 Å². The second-order valence-corrected chi connectivity index (χ2v) is 3.98. The van der Waals surface area contributed by atoms with E-state index in [2.05, 4.69) is 20.1 Å². The highest BCUT2D eigenvalue weighted by Crippen LogP contribution is 2.22. The van der Waals surface area contributed by atoms with Gasteiger partial charge in [0, 0.05) is 25.5 Å². The van der Waals surface area contributed by atoms with Gasteiger partial charge in [0.25, 0.3) is 0 Å². The van der Waals surface area contributed by atoms with E-state index in [1.165, 1.54) is 12.1 Å².